The lowest BCUT2D eigenvalue weighted by molar-refractivity contribution is 0.0904. The van der Waals surface area contributed by atoms with E-state index in [0.29, 0.717) is 24.5 Å². The summed E-state index contributed by atoms with van der Waals surface area (Å²) in [5.41, 5.74) is 1.58. The van der Waals surface area contributed by atoms with Crippen molar-refractivity contribution in [2.24, 2.45) is 0 Å². The van der Waals surface area contributed by atoms with Crippen LogP contribution in [0.4, 0.5) is 8.78 Å². The summed E-state index contributed by atoms with van der Waals surface area (Å²) in [4.78, 5) is 14.6. The number of rotatable bonds is 8. The molecule has 7 heteroatoms. The number of benzene rings is 2. The lowest BCUT2D eigenvalue weighted by Gasteiger charge is -2.32. The zero-order valence-corrected chi connectivity index (χ0v) is 16.5. The van der Waals surface area contributed by atoms with Gasteiger partial charge in [0.25, 0.3) is 5.91 Å². The second kappa shape index (κ2) is 10.3. The van der Waals surface area contributed by atoms with Crippen LogP contribution in [0.3, 0.4) is 0 Å². The van der Waals surface area contributed by atoms with Crippen LogP contribution in [-0.4, -0.2) is 50.2 Å². The van der Waals surface area contributed by atoms with E-state index in [1.165, 1.54) is 6.07 Å². The lowest BCUT2D eigenvalue weighted by atomic mass is 10.1. The van der Waals surface area contributed by atoms with Gasteiger partial charge in [0, 0.05) is 44.9 Å². The number of ether oxygens (including phenoxy) is 2. The molecule has 1 amide bonds. The van der Waals surface area contributed by atoms with Gasteiger partial charge in [0.05, 0.1) is 6.61 Å². The van der Waals surface area contributed by atoms with Crippen LogP contribution in [0.25, 0.3) is 0 Å². The van der Waals surface area contributed by atoms with E-state index in [2.05, 4.69) is 10.2 Å². The minimum absolute atomic E-state index is 0.0192. The third kappa shape index (κ3) is 6.24. The number of halogens is 2. The minimum Gasteiger partial charge on any atom is -0.490 e. The Morgan fingerprint density at radius 1 is 1.14 bits per heavy atom. The molecule has 156 valence electrons. The smallest absolute Gasteiger partial charge is 0.251 e. The molecule has 1 saturated heterocycles. The van der Waals surface area contributed by atoms with Gasteiger partial charge in [-0.1, -0.05) is 12.1 Å². The van der Waals surface area contributed by atoms with E-state index in [1.807, 2.05) is 18.2 Å². The van der Waals surface area contributed by atoms with Crippen molar-refractivity contribution in [1.82, 2.24) is 10.2 Å². The molecule has 2 aromatic rings. The first-order valence-electron chi connectivity index (χ1n) is 9.75. The normalized spacial score (nSPS) is 15.3. The average molecular weight is 404 g/mol. The highest BCUT2D eigenvalue weighted by molar-refractivity contribution is 5.94. The Morgan fingerprint density at radius 3 is 2.66 bits per heavy atom. The number of amides is 1. The van der Waals surface area contributed by atoms with Crippen LogP contribution in [0.15, 0.2) is 42.5 Å². The van der Waals surface area contributed by atoms with Crippen molar-refractivity contribution in [3.05, 3.63) is 65.2 Å². The maximum Gasteiger partial charge on any atom is 0.251 e. The molecule has 0 spiro atoms. The number of nitrogens with zero attached hydrogens (tertiary/aromatic N) is 1. The standard InChI is InChI=1S/C22H26F2N2O3/c1-28-15-16-3-2-4-17(13-16)22(27)25-9-12-26-10-7-18(8-11-26)29-19-5-6-20(23)21(24)14-19/h2-6,13-14,18H,7-12,15H2,1H3,(H,25,27). The average Bonchev–Trinajstić information content (AvgIpc) is 2.72. The maximum absolute atomic E-state index is 13.3. The predicted molar refractivity (Wildman–Crippen MR) is 106 cm³/mol. The van der Waals surface area contributed by atoms with Gasteiger partial charge in [-0.2, -0.15) is 0 Å². The summed E-state index contributed by atoms with van der Waals surface area (Å²) in [6.45, 7) is 3.44. The predicted octanol–water partition coefficient (Wildman–Crippen LogP) is 3.38. The number of methoxy groups -OCH3 is 1. The molecule has 0 radical (unpaired) electrons. The van der Waals surface area contributed by atoms with E-state index in [-0.39, 0.29) is 12.0 Å². The quantitative estimate of drug-likeness (QED) is 0.733. The van der Waals surface area contributed by atoms with Crippen molar-refractivity contribution in [3.63, 3.8) is 0 Å². The third-order valence-corrected chi connectivity index (χ3v) is 4.94. The molecule has 1 heterocycles. The number of hydrogen-bond acceptors (Lipinski definition) is 4. The second-order valence-corrected chi connectivity index (χ2v) is 7.12. The Labute approximate surface area is 169 Å². The molecule has 1 aliphatic heterocycles. The Hall–Kier alpha value is -2.51. The van der Waals surface area contributed by atoms with Crippen molar-refractivity contribution < 1.29 is 23.0 Å². The van der Waals surface area contributed by atoms with E-state index in [9.17, 15) is 13.6 Å². The Balaban J connectivity index is 1.38. The topological polar surface area (TPSA) is 50.8 Å². The maximum atomic E-state index is 13.3. The molecule has 0 saturated carbocycles. The number of nitrogens with one attached hydrogen (secondary N) is 1. The number of carbonyl (C=O) groups excluding carboxylic acids is 1. The summed E-state index contributed by atoms with van der Waals surface area (Å²) < 4.78 is 37.1. The van der Waals surface area contributed by atoms with Gasteiger partial charge < -0.3 is 19.7 Å². The number of carbonyl (C=O) groups is 1. The Bertz CT molecular complexity index is 823. The Morgan fingerprint density at radius 2 is 1.93 bits per heavy atom. The molecule has 0 unspecified atom stereocenters. The molecule has 0 atom stereocenters. The summed E-state index contributed by atoms with van der Waals surface area (Å²) in [6.07, 6.45) is 1.58. The summed E-state index contributed by atoms with van der Waals surface area (Å²) in [7, 11) is 1.62. The highest BCUT2D eigenvalue weighted by Crippen LogP contribution is 2.21. The molecular weight excluding hydrogens is 378 g/mol. The zero-order valence-electron chi connectivity index (χ0n) is 16.5. The largest absolute Gasteiger partial charge is 0.490 e. The van der Waals surface area contributed by atoms with Crippen LogP contribution in [0, 0.1) is 11.6 Å². The fourth-order valence-corrected chi connectivity index (χ4v) is 3.39. The van der Waals surface area contributed by atoms with Crippen molar-refractivity contribution in [3.8, 4) is 5.75 Å². The van der Waals surface area contributed by atoms with E-state index < -0.39 is 11.6 Å². The van der Waals surface area contributed by atoms with E-state index in [0.717, 1.165) is 50.2 Å². The number of hydrogen-bond donors (Lipinski definition) is 1. The summed E-state index contributed by atoms with van der Waals surface area (Å²) in [5.74, 6) is -1.52. The van der Waals surface area contributed by atoms with Gasteiger partial charge in [-0.05, 0) is 42.7 Å². The van der Waals surface area contributed by atoms with Gasteiger partial charge in [-0.3, -0.25) is 4.79 Å². The number of piperidine rings is 1. The van der Waals surface area contributed by atoms with Crippen molar-refractivity contribution in [2.45, 2.75) is 25.6 Å². The monoisotopic (exact) mass is 404 g/mol. The lowest BCUT2D eigenvalue weighted by Crippen LogP contribution is -2.42. The second-order valence-electron chi connectivity index (χ2n) is 7.12. The van der Waals surface area contributed by atoms with Crippen molar-refractivity contribution in [2.75, 3.05) is 33.3 Å². The number of likely N-dealkylation sites (tertiary alicyclic amines) is 1. The van der Waals surface area contributed by atoms with E-state index in [4.69, 9.17) is 9.47 Å². The molecule has 0 bridgehead atoms. The minimum atomic E-state index is -0.900. The first-order valence-corrected chi connectivity index (χ1v) is 9.75. The highest BCUT2D eigenvalue weighted by atomic mass is 19.2. The van der Waals surface area contributed by atoms with Crippen LogP contribution in [0.2, 0.25) is 0 Å². The first kappa shape index (κ1) is 21.2. The van der Waals surface area contributed by atoms with Crippen LogP contribution in [-0.2, 0) is 11.3 Å². The molecule has 1 N–H and O–H groups in total. The van der Waals surface area contributed by atoms with Gasteiger partial charge in [-0.15, -0.1) is 0 Å². The molecule has 1 aliphatic rings. The highest BCUT2D eigenvalue weighted by Gasteiger charge is 2.21. The molecule has 0 aliphatic carbocycles. The molecular formula is C22H26F2N2O3. The fourth-order valence-electron chi connectivity index (χ4n) is 3.39. The molecule has 2 aromatic carbocycles. The summed E-state index contributed by atoms with van der Waals surface area (Å²) >= 11 is 0. The van der Waals surface area contributed by atoms with Crippen molar-refractivity contribution in [1.29, 1.82) is 0 Å². The Kier molecular flexibility index (Phi) is 7.55. The van der Waals surface area contributed by atoms with Gasteiger partial charge in [0.1, 0.15) is 11.9 Å². The molecule has 0 aromatic heterocycles. The molecule has 1 fully saturated rings. The van der Waals surface area contributed by atoms with E-state index >= 15 is 0 Å². The summed E-state index contributed by atoms with van der Waals surface area (Å²) in [6, 6.07) is 11.0. The van der Waals surface area contributed by atoms with Crippen molar-refractivity contribution >= 4 is 5.91 Å². The van der Waals surface area contributed by atoms with Crippen LogP contribution >= 0.6 is 0 Å². The van der Waals surface area contributed by atoms with Crippen LogP contribution in [0.1, 0.15) is 28.8 Å². The van der Waals surface area contributed by atoms with Gasteiger partial charge in [0.15, 0.2) is 11.6 Å². The SMILES string of the molecule is COCc1cccc(C(=O)NCCN2CCC(Oc3ccc(F)c(F)c3)CC2)c1. The zero-order chi connectivity index (χ0) is 20.6. The molecule has 5 nitrogen and oxygen atoms in total. The van der Waals surface area contributed by atoms with Crippen LogP contribution in [0.5, 0.6) is 5.75 Å². The molecule has 29 heavy (non-hydrogen) atoms. The summed E-state index contributed by atoms with van der Waals surface area (Å²) in [5, 5.41) is 2.95. The third-order valence-electron chi connectivity index (χ3n) is 4.94. The van der Waals surface area contributed by atoms with Crippen LogP contribution < -0.4 is 10.1 Å². The fraction of sp³-hybridized carbons (Fsp3) is 0.409. The van der Waals surface area contributed by atoms with Gasteiger partial charge in [-0.25, -0.2) is 8.78 Å². The molecule has 3 rings (SSSR count). The van der Waals surface area contributed by atoms with E-state index in [1.54, 1.807) is 13.2 Å². The van der Waals surface area contributed by atoms with Gasteiger partial charge >= 0.3 is 0 Å². The van der Waals surface area contributed by atoms with Gasteiger partial charge in [0.2, 0.25) is 0 Å². The first-order chi connectivity index (χ1) is 14.0.